The summed E-state index contributed by atoms with van der Waals surface area (Å²) in [6, 6.07) is 5.01. The highest BCUT2D eigenvalue weighted by molar-refractivity contribution is 7.89. The Morgan fingerprint density at radius 1 is 1.38 bits per heavy atom. The zero-order chi connectivity index (χ0) is 15.5. The number of hydrogen-bond donors (Lipinski definition) is 1. The molecule has 1 unspecified atom stereocenters. The Kier molecular flexibility index (Phi) is 4.92. The second-order valence-electron chi connectivity index (χ2n) is 5.01. The zero-order valence-corrected chi connectivity index (χ0v) is 12.7. The summed E-state index contributed by atoms with van der Waals surface area (Å²) in [5, 5.41) is 13.8. The molecule has 116 valence electrons. The van der Waals surface area contributed by atoms with Crippen LogP contribution in [0.4, 0.5) is 5.69 Å². The van der Waals surface area contributed by atoms with E-state index < -0.39 is 14.9 Å². The van der Waals surface area contributed by atoms with Gasteiger partial charge in [-0.1, -0.05) is 6.92 Å². The van der Waals surface area contributed by atoms with Crippen LogP contribution in [0, 0.1) is 10.1 Å². The molecule has 8 heteroatoms. The number of nitrogens with one attached hydrogen (secondary N) is 1. The van der Waals surface area contributed by atoms with E-state index in [0.717, 1.165) is 19.4 Å². The molecule has 0 radical (unpaired) electrons. The molecule has 0 saturated carbocycles. The molecule has 1 N–H and O–H groups in total. The van der Waals surface area contributed by atoms with Gasteiger partial charge in [-0.05, 0) is 31.5 Å². The van der Waals surface area contributed by atoms with Gasteiger partial charge in [-0.3, -0.25) is 10.1 Å². The van der Waals surface area contributed by atoms with E-state index in [0.29, 0.717) is 13.1 Å². The van der Waals surface area contributed by atoms with Crippen LogP contribution >= 0.6 is 0 Å². The molecule has 1 heterocycles. The average Bonchev–Trinajstić information content (AvgIpc) is 2.98. The summed E-state index contributed by atoms with van der Waals surface area (Å²) >= 11 is 0. The summed E-state index contributed by atoms with van der Waals surface area (Å²) in [6.07, 6.45) is 1.51. The van der Waals surface area contributed by atoms with Crippen molar-refractivity contribution in [1.82, 2.24) is 9.62 Å². The van der Waals surface area contributed by atoms with Gasteiger partial charge in [-0.25, -0.2) is 8.42 Å². The molecule has 0 bridgehead atoms. The molecule has 1 aliphatic heterocycles. The highest BCUT2D eigenvalue weighted by Gasteiger charge is 2.32. The third kappa shape index (κ3) is 3.39. The number of non-ortho nitro benzene ring substituents is 1. The number of nitro benzene ring substituents is 1. The monoisotopic (exact) mass is 313 g/mol. The van der Waals surface area contributed by atoms with Gasteiger partial charge in [0.1, 0.15) is 0 Å². The van der Waals surface area contributed by atoms with Crippen LogP contribution in [0.3, 0.4) is 0 Å². The van der Waals surface area contributed by atoms with Crippen molar-refractivity contribution < 1.29 is 13.3 Å². The number of sulfonamides is 1. The molecule has 7 nitrogen and oxygen atoms in total. The fraction of sp³-hybridized carbons (Fsp3) is 0.538. The largest absolute Gasteiger partial charge is 0.315 e. The zero-order valence-electron chi connectivity index (χ0n) is 11.9. The molecule has 1 atom stereocenters. The van der Waals surface area contributed by atoms with Crippen LogP contribution in [0.5, 0.6) is 0 Å². The van der Waals surface area contributed by atoms with Crippen LogP contribution in [0.2, 0.25) is 0 Å². The molecule has 1 aromatic carbocycles. The van der Waals surface area contributed by atoms with Gasteiger partial charge in [0.25, 0.3) is 5.69 Å². The van der Waals surface area contributed by atoms with E-state index in [9.17, 15) is 18.5 Å². The van der Waals surface area contributed by atoms with Gasteiger partial charge < -0.3 is 5.32 Å². The fourth-order valence-corrected chi connectivity index (χ4v) is 4.23. The lowest BCUT2D eigenvalue weighted by Gasteiger charge is -2.27. The second-order valence-corrected chi connectivity index (χ2v) is 6.90. The molecule has 1 aromatic rings. The lowest BCUT2D eigenvalue weighted by Crippen LogP contribution is -2.41. The van der Waals surface area contributed by atoms with E-state index in [1.165, 1.54) is 28.6 Å². The minimum absolute atomic E-state index is 0.0508. The predicted octanol–water partition coefficient (Wildman–Crippen LogP) is 1.36. The molecule has 1 fully saturated rings. The molecule has 2 rings (SSSR count). The minimum Gasteiger partial charge on any atom is -0.315 e. The molecule has 21 heavy (non-hydrogen) atoms. The lowest BCUT2D eigenvalue weighted by molar-refractivity contribution is -0.384. The van der Waals surface area contributed by atoms with Crippen LogP contribution in [-0.2, 0) is 10.0 Å². The SMILES string of the molecule is CCCN(C1CCNC1)S(=O)(=O)c1ccc([N+](=O)[O-])cc1. The van der Waals surface area contributed by atoms with E-state index in [1.807, 2.05) is 6.92 Å². The molecule has 0 aliphatic carbocycles. The van der Waals surface area contributed by atoms with Crippen molar-refractivity contribution in [3.8, 4) is 0 Å². The van der Waals surface area contributed by atoms with Crippen molar-refractivity contribution >= 4 is 15.7 Å². The summed E-state index contributed by atoms with van der Waals surface area (Å²) in [5.74, 6) is 0. The van der Waals surface area contributed by atoms with Gasteiger partial charge in [-0.15, -0.1) is 0 Å². The first-order valence-electron chi connectivity index (χ1n) is 6.94. The van der Waals surface area contributed by atoms with Crippen molar-refractivity contribution in [2.45, 2.75) is 30.7 Å². The minimum atomic E-state index is -3.62. The fourth-order valence-electron chi connectivity index (χ4n) is 2.48. The van der Waals surface area contributed by atoms with Crippen molar-refractivity contribution in [3.05, 3.63) is 34.4 Å². The first kappa shape index (κ1) is 15.9. The van der Waals surface area contributed by atoms with Gasteiger partial charge in [0, 0.05) is 31.3 Å². The molecular weight excluding hydrogens is 294 g/mol. The maximum atomic E-state index is 12.7. The van der Waals surface area contributed by atoms with Crippen LogP contribution in [0.15, 0.2) is 29.2 Å². The maximum Gasteiger partial charge on any atom is 0.269 e. The smallest absolute Gasteiger partial charge is 0.269 e. The molecular formula is C13H19N3O4S. The third-order valence-corrected chi connectivity index (χ3v) is 5.51. The van der Waals surface area contributed by atoms with Gasteiger partial charge in [0.15, 0.2) is 0 Å². The Labute approximate surface area is 124 Å². The summed E-state index contributed by atoms with van der Waals surface area (Å²) in [4.78, 5) is 10.2. The average molecular weight is 313 g/mol. The summed E-state index contributed by atoms with van der Waals surface area (Å²) in [5.41, 5.74) is -0.112. The predicted molar refractivity (Wildman–Crippen MR) is 78.6 cm³/mol. The van der Waals surface area contributed by atoms with Crippen LogP contribution in [0.1, 0.15) is 19.8 Å². The Balaban J connectivity index is 2.30. The van der Waals surface area contributed by atoms with E-state index in [4.69, 9.17) is 0 Å². The highest BCUT2D eigenvalue weighted by Crippen LogP contribution is 2.23. The molecule has 1 saturated heterocycles. The van der Waals surface area contributed by atoms with E-state index in [-0.39, 0.29) is 16.6 Å². The van der Waals surface area contributed by atoms with Crippen molar-refractivity contribution in [2.75, 3.05) is 19.6 Å². The summed E-state index contributed by atoms with van der Waals surface area (Å²) < 4.78 is 26.9. The maximum absolute atomic E-state index is 12.7. The lowest BCUT2D eigenvalue weighted by atomic mass is 10.2. The molecule has 0 spiro atoms. The normalized spacial score (nSPS) is 19.0. The van der Waals surface area contributed by atoms with Gasteiger partial charge in [0.2, 0.25) is 10.0 Å². The molecule has 1 aliphatic rings. The molecule has 0 aromatic heterocycles. The van der Waals surface area contributed by atoms with Crippen molar-refractivity contribution in [2.24, 2.45) is 0 Å². The Morgan fingerprint density at radius 3 is 2.52 bits per heavy atom. The Morgan fingerprint density at radius 2 is 2.05 bits per heavy atom. The van der Waals surface area contributed by atoms with E-state index in [1.54, 1.807) is 0 Å². The Hall–Kier alpha value is -1.51. The van der Waals surface area contributed by atoms with Gasteiger partial charge in [-0.2, -0.15) is 4.31 Å². The number of nitrogens with zero attached hydrogens (tertiary/aromatic N) is 2. The summed E-state index contributed by atoms with van der Waals surface area (Å²) in [7, 11) is -3.62. The van der Waals surface area contributed by atoms with Crippen LogP contribution < -0.4 is 5.32 Å². The second kappa shape index (κ2) is 6.50. The third-order valence-electron chi connectivity index (χ3n) is 3.54. The van der Waals surface area contributed by atoms with Crippen LogP contribution in [0.25, 0.3) is 0 Å². The highest BCUT2D eigenvalue weighted by atomic mass is 32.2. The van der Waals surface area contributed by atoms with Crippen molar-refractivity contribution in [1.29, 1.82) is 0 Å². The first-order chi connectivity index (χ1) is 9.96. The quantitative estimate of drug-likeness (QED) is 0.632. The number of benzene rings is 1. The van der Waals surface area contributed by atoms with Gasteiger partial charge in [0.05, 0.1) is 9.82 Å². The molecule has 0 amide bonds. The summed E-state index contributed by atoms with van der Waals surface area (Å²) in [6.45, 7) is 3.83. The van der Waals surface area contributed by atoms with Crippen LogP contribution in [-0.4, -0.2) is 43.3 Å². The van der Waals surface area contributed by atoms with Gasteiger partial charge >= 0.3 is 0 Å². The Bertz CT molecular complexity index is 594. The number of nitro groups is 1. The number of hydrogen-bond acceptors (Lipinski definition) is 5. The number of rotatable bonds is 6. The van der Waals surface area contributed by atoms with E-state index in [2.05, 4.69) is 5.32 Å². The first-order valence-corrected chi connectivity index (χ1v) is 8.38. The van der Waals surface area contributed by atoms with E-state index >= 15 is 0 Å². The van der Waals surface area contributed by atoms with Crippen molar-refractivity contribution in [3.63, 3.8) is 0 Å². The standard InChI is InChI=1S/C13H19N3O4S/c1-2-9-15(12-7-8-14-10-12)21(19,20)13-5-3-11(4-6-13)16(17)18/h3-6,12,14H,2,7-10H2,1H3. The topological polar surface area (TPSA) is 92.6 Å².